The van der Waals surface area contributed by atoms with Crippen molar-refractivity contribution >= 4 is 29.4 Å². The molecule has 0 fully saturated rings. The Morgan fingerprint density at radius 1 is 1.08 bits per heavy atom. The van der Waals surface area contributed by atoms with Crippen LogP contribution in [0.25, 0.3) is 0 Å². The van der Waals surface area contributed by atoms with Gasteiger partial charge < -0.3 is 9.73 Å². The maximum Gasteiger partial charge on any atom is 0.253 e. The number of halogens is 1. The molecule has 3 rings (SSSR count). The molecule has 1 N–H and O–H groups in total. The third-order valence-electron chi connectivity index (χ3n) is 3.37. The van der Waals surface area contributed by atoms with Gasteiger partial charge in [0.2, 0.25) is 0 Å². The number of carbonyl (C=O) groups is 1. The van der Waals surface area contributed by atoms with Crippen LogP contribution in [0, 0.1) is 0 Å². The average molecular weight is 339 g/mol. The van der Waals surface area contributed by atoms with Crippen LogP contribution < -0.4 is 5.32 Å². The van der Waals surface area contributed by atoms with Crippen LogP contribution in [0.15, 0.2) is 76.3 Å². The van der Waals surface area contributed by atoms with Gasteiger partial charge in [-0.25, -0.2) is 0 Å². The summed E-state index contributed by atoms with van der Waals surface area (Å²) in [5.74, 6) is 0.501. The standard InChI is InChI=1S/C19H15ClN2O2/c20-15-9-7-14(8-10-15)12-21-18-6-2-1-5-17(18)19(23)22-13-16-4-3-11-24-16/h1-12H,13H2,(H,22,23). The molecule has 120 valence electrons. The van der Waals surface area contributed by atoms with E-state index in [-0.39, 0.29) is 5.91 Å². The first-order valence-corrected chi connectivity index (χ1v) is 7.79. The fourth-order valence-electron chi connectivity index (χ4n) is 2.15. The lowest BCUT2D eigenvalue weighted by atomic mass is 10.1. The first-order valence-electron chi connectivity index (χ1n) is 7.41. The Balaban J connectivity index is 1.74. The van der Waals surface area contributed by atoms with Gasteiger partial charge in [0.15, 0.2) is 0 Å². The van der Waals surface area contributed by atoms with Crippen LogP contribution in [-0.2, 0) is 6.54 Å². The number of amides is 1. The van der Waals surface area contributed by atoms with Gasteiger partial charge in [-0.3, -0.25) is 9.79 Å². The number of aliphatic imine (C=N–C) groups is 1. The fraction of sp³-hybridized carbons (Fsp3) is 0.0526. The van der Waals surface area contributed by atoms with E-state index in [1.807, 2.05) is 30.3 Å². The zero-order chi connectivity index (χ0) is 16.8. The molecule has 0 atom stereocenters. The van der Waals surface area contributed by atoms with E-state index in [2.05, 4.69) is 10.3 Å². The van der Waals surface area contributed by atoms with E-state index in [1.165, 1.54) is 0 Å². The summed E-state index contributed by atoms with van der Waals surface area (Å²) in [6.07, 6.45) is 3.28. The minimum Gasteiger partial charge on any atom is -0.467 e. The average Bonchev–Trinajstić information content (AvgIpc) is 3.13. The molecule has 0 unspecified atom stereocenters. The van der Waals surface area contributed by atoms with Gasteiger partial charge in [0.25, 0.3) is 5.91 Å². The zero-order valence-corrected chi connectivity index (χ0v) is 13.5. The molecular formula is C19H15ClN2O2. The van der Waals surface area contributed by atoms with Gasteiger partial charge in [-0.15, -0.1) is 0 Å². The second kappa shape index (κ2) is 7.62. The molecule has 0 aliphatic heterocycles. The topological polar surface area (TPSA) is 54.6 Å². The van der Waals surface area contributed by atoms with Crippen molar-refractivity contribution < 1.29 is 9.21 Å². The molecule has 3 aromatic rings. The van der Waals surface area contributed by atoms with E-state index in [4.69, 9.17) is 16.0 Å². The Morgan fingerprint density at radius 3 is 2.62 bits per heavy atom. The van der Waals surface area contributed by atoms with Crippen LogP contribution in [0.5, 0.6) is 0 Å². The minimum atomic E-state index is -0.199. The van der Waals surface area contributed by atoms with E-state index >= 15 is 0 Å². The molecule has 0 saturated carbocycles. The number of rotatable bonds is 5. The lowest BCUT2D eigenvalue weighted by Crippen LogP contribution is -2.22. The largest absolute Gasteiger partial charge is 0.467 e. The lowest BCUT2D eigenvalue weighted by molar-refractivity contribution is 0.0949. The fourth-order valence-corrected chi connectivity index (χ4v) is 2.27. The normalized spacial score (nSPS) is 10.9. The summed E-state index contributed by atoms with van der Waals surface area (Å²) in [6.45, 7) is 0.334. The lowest BCUT2D eigenvalue weighted by Gasteiger charge is -2.06. The number of hydrogen-bond donors (Lipinski definition) is 1. The number of furan rings is 1. The third-order valence-corrected chi connectivity index (χ3v) is 3.63. The highest BCUT2D eigenvalue weighted by molar-refractivity contribution is 6.30. The van der Waals surface area contributed by atoms with E-state index < -0.39 is 0 Å². The molecule has 0 bridgehead atoms. The van der Waals surface area contributed by atoms with Crippen molar-refractivity contribution in [3.05, 3.63) is 88.8 Å². The van der Waals surface area contributed by atoms with Gasteiger partial charge in [-0.1, -0.05) is 35.9 Å². The van der Waals surface area contributed by atoms with E-state index in [0.29, 0.717) is 28.6 Å². The quantitative estimate of drug-likeness (QED) is 0.690. The summed E-state index contributed by atoms with van der Waals surface area (Å²) in [7, 11) is 0. The Kier molecular flexibility index (Phi) is 5.08. The highest BCUT2D eigenvalue weighted by Gasteiger charge is 2.10. The first kappa shape index (κ1) is 16.0. The molecule has 2 aromatic carbocycles. The molecule has 0 saturated heterocycles. The molecule has 4 nitrogen and oxygen atoms in total. The first-order chi connectivity index (χ1) is 11.7. The molecule has 1 aromatic heterocycles. The van der Waals surface area contributed by atoms with Gasteiger partial charge in [0.05, 0.1) is 24.1 Å². The van der Waals surface area contributed by atoms with E-state index in [1.54, 1.807) is 42.8 Å². The Hall–Kier alpha value is -2.85. The van der Waals surface area contributed by atoms with Gasteiger partial charge in [0.1, 0.15) is 5.76 Å². The van der Waals surface area contributed by atoms with Crippen molar-refractivity contribution in [3.63, 3.8) is 0 Å². The molecule has 0 radical (unpaired) electrons. The number of nitrogens with zero attached hydrogens (tertiary/aromatic N) is 1. The third kappa shape index (κ3) is 4.12. The number of carbonyl (C=O) groups excluding carboxylic acids is 1. The predicted octanol–water partition coefficient (Wildman–Crippen LogP) is 4.61. The van der Waals surface area contributed by atoms with Crippen molar-refractivity contribution in [1.82, 2.24) is 5.32 Å². The van der Waals surface area contributed by atoms with Crippen LogP contribution in [-0.4, -0.2) is 12.1 Å². The molecule has 1 amide bonds. The summed E-state index contributed by atoms with van der Waals surface area (Å²) in [6, 6.07) is 18.1. The van der Waals surface area contributed by atoms with Crippen molar-refractivity contribution in [3.8, 4) is 0 Å². The minimum absolute atomic E-state index is 0.199. The van der Waals surface area contributed by atoms with Crippen LogP contribution >= 0.6 is 11.6 Å². The molecular weight excluding hydrogens is 324 g/mol. The summed E-state index contributed by atoms with van der Waals surface area (Å²) in [5.41, 5.74) is 2.02. The zero-order valence-electron chi connectivity index (χ0n) is 12.8. The van der Waals surface area contributed by atoms with Gasteiger partial charge in [0, 0.05) is 11.2 Å². The second-order valence-electron chi connectivity index (χ2n) is 5.09. The van der Waals surface area contributed by atoms with Crippen LogP contribution in [0.1, 0.15) is 21.7 Å². The summed E-state index contributed by atoms with van der Waals surface area (Å²) in [4.78, 5) is 16.8. The molecule has 5 heteroatoms. The molecule has 0 aliphatic rings. The number of benzene rings is 2. The molecule has 0 spiro atoms. The van der Waals surface area contributed by atoms with Gasteiger partial charge in [-0.05, 0) is 42.0 Å². The summed E-state index contributed by atoms with van der Waals surface area (Å²) < 4.78 is 5.21. The highest BCUT2D eigenvalue weighted by Crippen LogP contribution is 2.19. The van der Waals surface area contributed by atoms with Gasteiger partial charge >= 0.3 is 0 Å². The Bertz CT molecular complexity index is 840. The summed E-state index contributed by atoms with van der Waals surface area (Å²) >= 11 is 5.87. The Morgan fingerprint density at radius 2 is 1.88 bits per heavy atom. The van der Waals surface area contributed by atoms with Crippen LogP contribution in [0.3, 0.4) is 0 Å². The molecule has 1 heterocycles. The monoisotopic (exact) mass is 338 g/mol. The summed E-state index contributed by atoms with van der Waals surface area (Å²) in [5, 5.41) is 3.49. The SMILES string of the molecule is O=C(NCc1ccco1)c1ccccc1N=Cc1ccc(Cl)cc1. The number of nitrogens with one attached hydrogen (secondary N) is 1. The maximum atomic E-state index is 12.4. The second-order valence-corrected chi connectivity index (χ2v) is 5.53. The Labute approximate surface area is 144 Å². The number of hydrogen-bond acceptors (Lipinski definition) is 3. The maximum absolute atomic E-state index is 12.4. The molecule has 0 aliphatic carbocycles. The van der Waals surface area contributed by atoms with Crippen molar-refractivity contribution in [2.45, 2.75) is 6.54 Å². The van der Waals surface area contributed by atoms with Crippen molar-refractivity contribution in [2.75, 3.05) is 0 Å². The van der Waals surface area contributed by atoms with Crippen LogP contribution in [0.2, 0.25) is 5.02 Å². The van der Waals surface area contributed by atoms with E-state index in [0.717, 1.165) is 5.56 Å². The number of para-hydroxylation sites is 1. The van der Waals surface area contributed by atoms with Crippen LogP contribution in [0.4, 0.5) is 5.69 Å². The van der Waals surface area contributed by atoms with Gasteiger partial charge in [-0.2, -0.15) is 0 Å². The smallest absolute Gasteiger partial charge is 0.253 e. The van der Waals surface area contributed by atoms with E-state index in [9.17, 15) is 4.79 Å². The molecule has 24 heavy (non-hydrogen) atoms. The van der Waals surface area contributed by atoms with Crippen molar-refractivity contribution in [1.29, 1.82) is 0 Å². The predicted molar refractivity (Wildman–Crippen MR) is 95.0 cm³/mol. The highest BCUT2D eigenvalue weighted by atomic mass is 35.5. The van der Waals surface area contributed by atoms with Crippen molar-refractivity contribution in [2.24, 2.45) is 4.99 Å².